The molecule has 0 radical (unpaired) electrons. The lowest BCUT2D eigenvalue weighted by Gasteiger charge is -2.18. The molecule has 0 aliphatic rings. The Balaban J connectivity index is 2.98. The van der Waals surface area contributed by atoms with Crippen LogP contribution in [0.2, 0.25) is 0 Å². The van der Waals surface area contributed by atoms with Crippen LogP contribution in [-0.4, -0.2) is 42.9 Å². The van der Waals surface area contributed by atoms with Crippen molar-refractivity contribution in [2.75, 3.05) is 18.5 Å². The van der Waals surface area contributed by atoms with Gasteiger partial charge in [-0.15, -0.1) is 0 Å². The van der Waals surface area contributed by atoms with Crippen molar-refractivity contribution in [3.05, 3.63) is 18.2 Å². The van der Waals surface area contributed by atoms with Gasteiger partial charge in [0.15, 0.2) is 18.3 Å². The number of ether oxygens (including phenoxy) is 2. The molecule has 0 atom stereocenters. The molecular formula is C15H17F7N2O2S. The summed E-state index contributed by atoms with van der Waals surface area (Å²) in [5.74, 6) is -5.20. The van der Waals surface area contributed by atoms with E-state index in [1.54, 1.807) is 13.8 Å². The monoisotopic (exact) mass is 422 g/mol. The van der Waals surface area contributed by atoms with E-state index >= 15 is 0 Å². The maximum Gasteiger partial charge on any atom is 0.422 e. The Morgan fingerprint density at radius 3 is 1.96 bits per heavy atom. The Bertz CT molecular complexity index is 639. The molecule has 1 aromatic rings. The number of thiocarbonyl (C=S) groups is 1. The molecule has 2 N–H and O–H groups in total. The smallest absolute Gasteiger partial charge is 0.422 e. The molecule has 0 amide bonds. The molecule has 4 nitrogen and oxygen atoms in total. The van der Waals surface area contributed by atoms with Crippen molar-refractivity contribution in [2.24, 2.45) is 0 Å². The van der Waals surface area contributed by atoms with Crippen molar-refractivity contribution in [3.63, 3.8) is 0 Å². The highest BCUT2D eigenvalue weighted by Crippen LogP contribution is 2.30. The van der Waals surface area contributed by atoms with Gasteiger partial charge in [-0.2, -0.15) is 22.0 Å². The summed E-state index contributed by atoms with van der Waals surface area (Å²) in [5.41, 5.74) is 0.0585. The van der Waals surface area contributed by atoms with Crippen LogP contribution in [-0.2, 0) is 0 Å². The third-order valence-electron chi connectivity index (χ3n) is 2.71. The fourth-order valence-corrected chi connectivity index (χ4v) is 2.00. The minimum absolute atomic E-state index is 0.0585. The summed E-state index contributed by atoms with van der Waals surface area (Å²) < 4.78 is 96.5. The van der Waals surface area contributed by atoms with Gasteiger partial charge in [0.1, 0.15) is 11.5 Å². The number of hydrogen-bond donors (Lipinski definition) is 2. The lowest BCUT2D eigenvalue weighted by molar-refractivity contribution is -0.153. The number of anilines is 1. The van der Waals surface area contributed by atoms with Crippen molar-refractivity contribution in [1.29, 1.82) is 0 Å². The maximum atomic E-state index is 13.0. The molecular weight excluding hydrogens is 405 g/mol. The Morgan fingerprint density at radius 2 is 1.52 bits per heavy atom. The third-order valence-corrected chi connectivity index (χ3v) is 2.93. The van der Waals surface area contributed by atoms with Crippen LogP contribution in [0.3, 0.4) is 0 Å². The van der Waals surface area contributed by atoms with Gasteiger partial charge < -0.3 is 20.1 Å². The number of alkyl halides is 7. The number of hydrogen-bond acceptors (Lipinski definition) is 3. The average Bonchev–Trinajstić information content (AvgIpc) is 2.49. The summed E-state index contributed by atoms with van der Waals surface area (Å²) in [6.45, 7) is 0.245. The zero-order valence-corrected chi connectivity index (χ0v) is 15.0. The van der Waals surface area contributed by atoms with Crippen LogP contribution in [0.4, 0.5) is 36.4 Å². The van der Waals surface area contributed by atoms with Gasteiger partial charge in [0.05, 0.1) is 0 Å². The lowest BCUT2D eigenvalue weighted by Crippen LogP contribution is -2.34. The second-order valence-electron chi connectivity index (χ2n) is 5.70. The van der Waals surface area contributed by atoms with E-state index in [1.165, 1.54) is 0 Å². The van der Waals surface area contributed by atoms with Gasteiger partial charge in [-0.1, -0.05) is 0 Å². The molecule has 0 spiro atoms. The number of halogens is 7. The number of rotatable bonds is 8. The highest BCUT2D eigenvalue weighted by molar-refractivity contribution is 7.80. The molecule has 0 aliphatic heterocycles. The van der Waals surface area contributed by atoms with E-state index in [1.807, 2.05) is 0 Å². The normalized spacial score (nSPS) is 12.3. The topological polar surface area (TPSA) is 42.5 Å². The zero-order chi connectivity index (χ0) is 20.8. The SMILES string of the molecule is CC(C)NC(=S)Nc1cc(OCC(F)(F)F)cc(OCC(F)(F)C(F)F)c1. The molecule has 27 heavy (non-hydrogen) atoms. The fourth-order valence-electron chi connectivity index (χ4n) is 1.65. The number of nitrogens with one attached hydrogen (secondary N) is 2. The molecule has 0 bridgehead atoms. The molecule has 0 heterocycles. The van der Waals surface area contributed by atoms with Gasteiger partial charge in [0.25, 0.3) is 0 Å². The zero-order valence-electron chi connectivity index (χ0n) is 14.2. The first kappa shape index (κ1) is 23.1. The highest BCUT2D eigenvalue weighted by Gasteiger charge is 2.41. The Morgan fingerprint density at radius 1 is 1.00 bits per heavy atom. The molecule has 0 saturated heterocycles. The predicted octanol–water partition coefficient (Wildman–Crippen LogP) is 4.60. The van der Waals surface area contributed by atoms with Gasteiger partial charge >= 0.3 is 18.5 Å². The van der Waals surface area contributed by atoms with E-state index < -0.39 is 37.5 Å². The molecule has 0 unspecified atom stereocenters. The summed E-state index contributed by atoms with van der Waals surface area (Å²) in [6.07, 6.45) is -8.59. The molecule has 0 saturated carbocycles. The van der Waals surface area contributed by atoms with Crippen molar-refractivity contribution in [2.45, 2.75) is 38.4 Å². The van der Waals surface area contributed by atoms with E-state index in [9.17, 15) is 30.7 Å². The van der Waals surface area contributed by atoms with Gasteiger partial charge in [0, 0.05) is 29.9 Å². The van der Waals surface area contributed by atoms with Crippen molar-refractivity contribution in [1.82, 2.24) is 5.32 Å². The first-order valence-corrected chi connectivity index (χ1v) is 7.90. The van der Waals surface area contributed by atoms with Crippen LogP contribution < -0.4 is 20.1 Å². The van der Waals surface area contributed by atoms with Crippen LogP contribution in [0.1, 0.15) is 13.8 Å². The minimum atomic E-state index is -4.64. The highest BCUT2D eigenvalue weighted by atomic mass is 32.1. The van der Waals surface area contributed by atoms with Crippen LogP contribution >= 0.6 is 12.2 Å². The van der Waals surface area contributed by atoms with E-state index in [0.717, 1.165) is 18.2 Å². The summed E-state index contributed by atoms with van der Waals surface area (Å²) in [5, 5.41) is 5.51. The summed E-state index contributed by atoms with van der Waals surface area (Å²) in [7, 11) is 0. The van der Waals surface area contributed by atoms with Gasteiger partial charge in [0.2, 0.25) is 0 Å². The van der Waals surface area contributed by atoms with Crippen LogP contribution in [0, 0.1) is 0 Å². The van der Waals surface area contributed by atoms with E-state index in [-0.39, 0.29) is 22.6 Å². The van der Waals surface area contributed by atoms with Crippen LogP contribution in [0.5, 0.6) is 11.5 Å². The van der Waals surface area contributed by atoms with Gasteiger partial charge in [-0.25, -0.2) is 8.78 Å². The van der Waals surface area contributed by atoms with E-state index in [0.29, 0.717) is 0 Å². The van der Waals surface area contributed by atoms with E-state index in [2.05, 4.69) is 20.1 Å². The first-order valence-electron chi connectivity index (χ1n) is 7.49. The second-order valence-corrected chi connectivity index (χ2v) is 6.11. The Hall–Kier alpha value is -1.98. The predicted molar refractivity (Wildman–Crippen MR) is 88.9 cm³/mol. The van der Waals surface area contributed by atoms with Gasteiger partial charge in [-0.3, -0.25) is 0 Å². The average molecular weight is 422 g/mol. The summed E-state index contributed by atoms with van der Waals surface area (Å²) in [6, 6.07) is 3.04. The Labute approximate surface area is 156 Å². The maximum absolute atomic E-state index is 13.0. The van der Waals surface area contributed by atoms with Crippen molar-refractivity contribution < 1.29 is 40.2 Å². The minimum Gasteiger partial charge on any atom is -0.487 e. The molecule has 1 rings (SSSR count). The fraction of sp³-hybridized carbons (Fsp3) is 0.533. The largest absolute Gasteiger partial charge is 0.487 e. The van der Waals surface area contributed by atoms with Crippen LogP contribution in [0.15, 0.2) is 18.2 Å². The molecule has 0 aromatic heterocycles. The second kappa shape index (κ2) is 9.29. The van der Waals surface area contributed by atoms with Crippen LogP contribution in [0.25, 0.3) is 0 Å². The molecule has 0 fully saturated rings. The van der Waals surface area contributed by atoms with Crippen molar-refractivity contribution >= 4 is 23.0 Å². The molecule has 1 aromatic carbocycles. The number of benzene rings is 1. The molecule has 154 valence electrons. The quantitative estimate of drug-likeness (QED) is 0.474. The summed E-state index contributed by atoms with van der Waals surface area (Å²) in [4.78, 5) is 0. The standard InChI is InChI=1S/C15H17F7N2O2S/c1-8(2)23-13(27)24-9-3-10(25-6-14(18,19)12(16)17)5-11(4-9)26-7-15(20,21)22/h3-5,8,12H,6-7H2,1-2H3,(H2,23,24,27). The Kier molecular flexibility index (Phi) is 7.93. The van der Waals surface area contributed by atoms with E-state index in [4.69, 9.17) is 12.2 Å². The third kappa shape index (κ3) is 8.98. The molecule has 12 heteroatoms. The first-order chi connectivity index (χ1) is 12.3. The lowest BCUT2D eigenvalue weighted by atomic mass is 10.2. The van der Waals surface area contributed by atoms with Gasteiger partial charge in [-0.05, 0) is 26.1 Å². The van der Waals surface area contributed by atoms with Crippen molar-refractivity contribution in [3.8, 4) is 11.5 Å². The summed E-state index contributed by atoms with van der Waals surface area (Å²) >= 11 is 4.98. The molecule has 0 aliphatic carbocycles.